The Morgan fingerprint density at radius 1 is 1.47 bits per heavy atom. The lowest BCUT2D eigenvalue weighted by Gasteiger charge is -2.34. The Morgan fingerprint density at radius 3 is 2.41 bits per heavy atom. The Morgan fingerprint density at radius 2 is 2.00 bits per heavy atom. The molecule has 1 saturated heterocycles. The Kier molecular flexibility index (Phi) is 4.34. The third kappa shape index (κ3) is 3.47. The zero-order valence-corrected chi connectivity index (χ0v) is 13.6. The first-order chi connectivity index (χ1) is 7.58. The van der Waals surface area contributed by atoms with Crippen LogP contribution in [0.5, 0.6) is 0 Å². The van der Waals surface area contributed by atoms with E-state index in [9.17, 15) is 4.79 Å². The van der Waals surface area contributed by atoms with Crippen molar-refractivity contribution in [3.8, 4) is 0 Å². The molecule has 1 fully saturated rings. The first-order valence-electron chi connectivity index (χ1n) is 5.84. The van der Waals surface area contributed by atoms with E-state index in [1.54, 1.807) is 4.90 Å². The van der Waals surface area contributed by atoms with E-state index in [4.69, 9.17) is 9.47 Å². The van der Waals surface area contributed by atoms with Gasteiger partial charge in [0, 0.05) is 4.43 Å². The van der Waals surface area contributed by atoms with E-state index < -0.39 is 11.3 Å². The molecule has 0 N–H and O–H groups in total. The highest BCUT2D eigenvalue weighted by atomic mass is 127. The summed E-state index contributed by atoms with van der Waals surface area (Å²) in [7, 11) is 0. The number of carbonyl (C=O) groups excluding carboxylic acids is 1. The van der Waals surface area contributed by atoms with Gasteiger partial charge in [0.1, 0.15) is 11.3 Å². The van der Waals surface area contributed by atoms with E-state index in [-0.39, 0.29) is 18.2 Å². The largest absolute Gasteiger partial charge is 0.444 e. The number of amides is 1. The van der Waals surface area contributed by atoms with Gasteiger partial charge in [0.25, 0.3) is 0 Å². The molecule has 1 aliphatic heterocycles. The summed E-state index contributed by atoms with van der Waals surface area (Å²) in [6.45, 7) is 11.4. The van der Waals surface area contributed by atoms with Crippen LogP contribution in [0.15, 0.2) is 0 Å². The highest BCUT2D eigenvalue weighted by Gasteiger charge is 2.48. The minimum Gasteiger partial charge on any atom is -0.444 e. The van der Waals surface area contributed by atoms with Crippen molar-refractivity contribution < 1.29 is 14.3 Å². The van der Waals surface area contributed by atoms with Crippen LogP contribution in [0, 0.1) is 0 Å². The lowest BCUT2D eigenvalue weighted by Crippen LogP contribution is -2.50. The van der Waals surface area contributed by atoms with E-state index >= 15 is 0 Å². The summed E-state index contributed by atoms with van der Waals surface area (Å²) in [6.07, 6.45) is -0.261. The zero-order chi connectivity index (χ0) is 13.4. The molecule has 4 nitrogen and oxygen atoms in total. The van der Waals surface area contributed by atoms with Gasteiger partial charge in [-0.1, -0.05) is 22.6 Å². The quantitative estimate of drug-likeness (QED) is 0.536. The van der Waals surface area contributed by atoms with Crippen LogP contribution in [0.2, 0.25) is 0 Å². The summed E-state index contributed by atoms with van der Waals surface area (Å²) in [5.74, 6) is 0. The SMILES string of the molecule is C[C@@H]1OC(C)(C)N(C(=O)OC(C)(C)C)[C@@H]1CI. The second kappa shape index (κ2) is 4.91. The first-order valence-corrected chi connectivity index (χ1v) is 7.37. The topological polar surface area (TPSA) is 38.8 Å². The van der Waals surface area contributed by atoms with Crippen LogP contribution < -0.4 is 0 Å². The van der Waals surface area contributed by atoms with E-state index in [0.717, 1.165) is 4.43 Å². The molecule has 17 heavy (non-hydrogen) atoms. The van der Waals surface area contributed by atoms with E-state index in [0.29, 0.717) is 0 Å². The van der Waals surface area contributed by atoms with Gasteiger partial charge in [-0.15, -0.1) is 0 Å². The van der Waals surface area contributed by atoms with Crippen molar-refractivity contribution in [2.45, 2.75) is 65.0 Å². The zero-order valence-electron chi connectivity index (χ0n) is 11.4. The minimum absolute atomic E-state index is 0.0365. The summed E-state index contributed by atoms with van der Waals surface area (Å²) in [6, 6.07) is 0.0699. The fourth-order valence-electron chi connectivity index (χ4n) is 2.06. The Balaban J connectivity index is 2.89. The monoisotopic (exact) mass is 355 g/mol. The van der Waals surface area contributed by atoms with Crippen molar-refractivity contribution >= 4 is 28.7 Å². The fraction of sp³-hybridized carbons (Fsp3) is 0.917. The summed E-state index contributed by atoms with van der Waals surface area (Å²) in [5.41, 5.74) is -1.08. The van der Waals surface area contributed by atoms with Crippen LogP contribution in [0.25, 0.3) is 0 Å². The van der Waals surface area contributed by atoms with Gasteiger partial charge in [0.05, 0.1) is 12.1 Å². The van der Waals surface area contributed by atoms with Crippen LogP contribution in [-0.2, 0) is 9.47 Å². The third-order valence-electron chi connectivity index (χ3n) is 2.68. The molecule has 0 aromatic rings. The van der Waals surface area contributed by atoms with Gasteiger partial charge in [0.15, 0.2) is 0 Å². The number of carbonyl (C=O) groups is 1. The second-order valence-electron chi connectivity index (χ2n) is 5.84. The van der Waals surface area contributed by atoms with Crippen LogP contribution in [0.4, 0.5) is 4.79 Å². The molecular weight excluding hydrogens is 333 g/mol. The number of rotatable bonds is 1. The van der Waals surface area contributed by atoms with Crippen molar-refractivity contribution in [3.63, 3.8) is 0 Å². The Hall–Kier alpha value is -0.0400. The average molecular weight is 355 g/mol. The number of alkyl halides is 1. The van der Waals surface area contributed by atoms with Gasteiger partial charge in [-0.25, -0.2) is 4.79 Å². The fourth-order valence-corrected chi connectivity index (χ4v) is 3.17. The predicted molar refractivity (Wildman–Crippen MR) is 75.4 cm³/mol. The summed E-state index contributed by atoms with van der Waals surface area (Å²) in [4.78, 5) is 13.9. The first kappa shape index (κ1) is 15.0. The highest BCUT2D eigenvalue weighted by molar-refractivity contribution is 14.1. The number of nitrogens with zero attached hydrogens (tertiary/aromatic N) is 1. The van der Waals surface area contributed by atoms with Crippen LogP contribution >= 0.6 is 22.6 Å². The normalized spacial score (nSPS) is 28.3. The van der Waals surface area contributed by atoms with Gasteiger partial charge < -0.3 is 9.47 Å². The van der Waals surface area contributed by atoms with Gasteiger partial charge in [-0.3, -0.25) is 4.90 Å². The van der Waals surface area contributed by atoms with Crippen molar-refractivity contribution in [2.24, 2.45) is 0 Å². The summed E-state index contributed by atoms with van der Waals surface area (Å²) < 4.78 is 12.1. The summed E-state index contributed by atoms with van der Waals surface area (Å²) in [5, 5.41) is 0. The van der Waals surface area contributed by atoms with Crippen molar-refractivity contribution in [1.82, 2.24) is 4.90 Å². The maximum atomic E-state index is 12.2. The van der Waals surface area contributed by atoms with Gasteiger partial charge >= 0.3 is 6.09 Å². The molecule has 0 spiro atoms. The Bertz CT molecular complexity index is 299. The molecule has 0 unspecified atom stereocenters. The smallest absolute Gasteiger partial charge is 0.412 e. The molecule has 1 rings (SSSR count). The predicted octanol–water partition coefficient (Wildman–Crippen LogP) is 3.18. The highest BCUT2D eigenvalue weighted by Crippen LogP contribution is 2.34. The van der Waals surface area contributed by atoms with Crippen LogP contribution in [0.3, 0.4) is 0 Å². The molecule has 2 atom stereocenters. The number of hydrogen-bond donors (Lipinski definition) is 0. The third-order valence-corrected chi connectivity index (χ3v) is 3.58. The van der Waals surface area contributed by atoms with E-state index in [1.807, 2.05) is 41.5 Å². The average Bonchev–Trinajstić information content (AvgIpc) is 2.31. The molecule has 1 aliphatic rings. The lowest BCUT2D eigenvalue weighted by molar-refractivity contribution is -0.0753. The molecule has 0 aromatic carbocycles. The molecular formula is C12H22INO3. The standard InChI is InChI=1S/C12H22INO3/c1-8-9(7-13)14(12(5,6)16-8)10(15)17-11(2,3)4/h8-9H,7H2,1-6H3/t8-,9+/m0/s1. The van der Waals surface area contributed by atoms with E-state index in [2.05, 4.69) is 22.6 Å². The molecule has 1 amide bonds. The molecule has 1 heterocycles. The maximum Gasteiger partial charge on any atom is 0.412 e. The van der Waals surface area contributed by atoms with Crippen LogP contribution in [0.1, 0.15) is 41.5 Å². The van der Waals surface area contributed by atoms with Gasteiger partial charge in [-0.2, -0.15) is 0 Å². The van der Waals surface area contributed by atoms with Gasteiger partial charge in [-0.05, 0) is 41.5 Å². The molecule has 100 valence electrons. The van der Waals surface area contributed by atoms with E-state index in [1.165, 1.54) is 0 Å². The van der Waals surface area contributed by atoms with Crippen molar-refractivity contribution in [3.05, 3.63) is 0 Å². The molecule has 0 saturated carbocycles. The number of hydrogen-bond acceptors (Lipinski definition) is 3. The molecule has 0 bridgehead atoms. The second-order valence-corrected chi connectivity index (χ2v) is 6.72. The Labute approximate surface area is 117 Å². The number of ether oxygens (including phenoxy) is 2. The van der Waals surface area contributed by atoms with Crippen molar-refractivity contribution in [2.75, 3.05) is 4.43 Å². The molecule has 0 aromatic heterocycles. The molecule has 0 radical (unpaired) electrons. The van der Waals surface area contributed by atoms with Crippen LogP contribution in [-0.4, -0.2) is 38.9 Å². The summed E-state index contributed by atoms with van der Waals surface area (Å²) >= 11 is 2.28. The maximum absolute atomic E-state index is 12.2. The lowest BCUT2D eigenvalue weighted by atomic mass is 10.2. The number of halogens is 1. The van der Waals surface area contributed by atoms with Gasteiger partial charge in [0.2, 0.25) is 0 Å². The van der Waals surface area contributed by atoms with Crippen molar-refractivity contribution in [1.29, 1.82) is 0 Å². The molecule has 0 aliphatic carbocycles. The molecule has 5 heteroatoms. The minimum atomic E-state index is -0.600.